The molecule has 0 aromatic heterocycles. The predicted octanol–water partition coefficient (Wildman–Crippen LogP) is -0.0323. The lowest BCUT2D eigenvalue weighted by Crippen LogP contribution is -2.52. The second-order valence-electron chi connectivity index (χ2n) is 4.15. The van der Waals surface area contributed by atoms with E-state index >= 15 is 0 Å². The van der Waals surface area contributed by atoms with Gasteiger partial charge in [0, 0.05) is 20.6 Å². The standard InChI is InChI=1S/C11H21N3O4/c1-6-13(4)9(15)7(2)12-11(18)14(5)8(3)10(16)17/h7-8H,6H2,1-5H3,(H,12,18)(H,16,17). The fourth-order valence-corrected chi connectivity index (χ4v) is 1.18. The molecular weight excluding hydrogens is 238 g/mol. The van der Waals surface area contributed by atoms with Gasteiger partial charge in [0.1, 0.15) is 12.1 Å². The van der Waals surface area contributed by atoms with Gasteiger partial charge in [-0.15, -0.1) is 0 Å². The van der Waals surface area contributed by atoms with Crippen molar-refractivity contribution in [3.8, 4) is 0 Å². The van der Waals surface area contributed by atoms with Crippen molar-refractivity contribution in [2.45, 2.75) is 32.9 Å². The zero-order valence-corrected chi connectivity index (χ0v) is 11.4. The number of carbonyl (C=O) groups excluding carboxylic acids is 2. The minimum atomic E-state index is -1.10. The number of hydrogen-bond acceptors (Lipinski definition) is 3. The number of aliphatic carboxylic acids is 1. The highest BCUT2D eigenvalue weighted by Crippen LogP contribution is 1.98. The minimum absolute atomic E-state index is 0.220. The lowest BCUT2D eigenvalue weighted by atomic mass is 10.3. The van der Waals surface area contributed by atoms with E-state index in [1.165, 1.54) is 18.9 Å². The summed E-state index contributed by atoms with van der Waals surface area (Å²) < 4.78 is 0. The molecule has 0 bridgehead atoms. The van der Waals surface area contributed by atoms with E-state index in [2.05, 4.69) is 5.32 Å². The summed E-state index contributed by atoms with van der Waals surface area (Å²) in [5, 5.41) is 11.2. The molecule has 0 aromatic rings. The highest BCUT2D eigenvalue weighted by atomic mass is 16.4. The first kappa shape index (κ1) is 16.2. The molecule has 7 heteroatoms. The first-order valence-corrected chi connectivity index (χ1v) is 5.73. The summed E-state index contributed by atoms with van der Waals surface area (Å²) in [6.07, 6.45) is 0. The fourth-order valence-electron chi connectivity index (χ4n) is 1.18. The number of amides is 3. The molecule has 7 nitrogen and oxygen atoms in total. The molecule has 0 saturated carbocycles. The maximum Gasteiger partial charge on any atom is 0.326 e. The number of carboxylic acid groups (broad SMARTS) is 1. The van der Waals surface area contributed by atoms with Crippen LogP contribution in [-0.2, 0) is 9.59 Å². The number of nitrogens with zero attached hydrogens (tertiary/aromatic N) is 2. The highest BCUT2D eigenvalue weighted by Gasteiger charge is 2.25. The summed E-state index contributed by atoms with van der Waals surface area (Å²) >= 11 is 0. The Labute approximate surface area is 107 Å². The van der Waals surface area contributed by atoms with Crippen LogP contribution in [0.3, 0.4) is 0 Å². The van der Waals surface area contributed by atoms with E-state index in [1.807, 2.05) is 6.92 Å². The molecular formula is C11H21N3O4. The highest BCUT2D eigenvalue weighted by molar-refractivity contribution is 5.88. The molecule has 104 valence electrons. The fraction of sp³-hybridized carbons (Fsp3) is 0.727. The van der Waals surface area contributed by atoms with Crippen LogP contribution in [0, 0.1) is 0 Å². The van der Waals surface area contributed by atoms with Crippen molar-refractivity contribution in [3.63, 3.8) is 0 Å². The Bertz CT molecular complexity index is 332. The third-order valence-corrected chi connectivity index (χ3v) is 2.82. The van der Waals surface area contributed by atoms with E-state index in [1.54, 1.807) is 14.0 Å². The smallest absolute Gasteiger partial charge is 0.326 e. The van der Waals surface area contributed by atoms with Gasteiger partial charge in [-0.1, -0.05) is 0 Å². The van der Waals surface area contributed by atoms with E-state index < -0.39 is 24.1 Å². The SMILES string of the molecule is CCN(C)C(=O)C(C)NC(=O)N(C)C(C)C(=O)O. The molecule has 0 radical (unpaired) electrons. The van der Waals surface area contributed by atoms with Crippen LogP contribution in [0.15, 0.2) is 0 Å². The average molecular weight is 259 g/mol. The summed E-state index contributed by atoms with van der Waals surface area (Å²) in [4.78, 5) is 36.6. The second-order valence-corrected chi connectivity index (χ2v) is 4.15. The Morgan fingerprint density at radius 2 is 1.72 bits per heavy atom. The van der Waals surface area contributed by atoms with Crippen molar-refractivity contribution in [3.05, 3.63) is 0 Å². The molecule has 2 atom stereocenters. The Morgan fingerprint density at radius 3 is 2.11 bits per heavy atom. The predicted molar refractivity (Wildman–Crippen MR) is 66.2 cm³/mol. The molecule has 0 fully saturated rings. The van der Waals surface area contributed by atoms with Gasteiger partial charge >= 0.3 is 12.0 Å². The minimum Gasteiger partial charge on any atom is -0.480 e. The lowest BCUT2D eigenvalue weighted by molar-refractivity contribution is -0.141. The van der Waals surface area contributed by atoms with Crippen molar-refractivity contribution in [2.24, 2.45) is 0 Å². The first-order valence-electron chi connectivity index (χ1n) is 5.73. The maximum atomic E-state index is 11.7. The third-order valence-electron chi connectivity index (χ3n) is 2.82. The molecule has 0 aliphatic heterocycles. The molecule has 2 unspecified atom stereocenters. The Morgan fingerprint density at radius 1 is 1.22 bits per heavy atom. The normalized spacial score (nSPS) is 13.4. The number of hydrogen-bond donors (Lipinski definition) is 2. The van der Waals surface area contributed by atoms with Crippen molar-refractivity contribution in [1.82, 2.24) is 15.1 Å². The summed E-state index contributed by atoms with van der Waals surface area (Å²) in [6, 6.07) is -2.22. The van der Waals surface area contributed by atoms with E-state index in [9.17, 15) is 14.4 Å². The molecule has 0 rings (SSSR count). The Kier molecular flexibility index (Phi) is 6.15. The Balaban J connectivity index is 4.48. The Hall–Kier alpha value is -1.79. The molecule has 18 heavy (non-hydrogen) atoms. The number of likely N-dealkylation sites (N-methyl/N-ethyl adjacent to an activating group) is 2. The number of carbonyl (C=O) groups is 3. The van der Waals surface area contributed by atoms with Crippen LogP contribution in [0.4, 0.5) is 4.79 Å². The van der Waals surface area contributed by atoms with Crippen molar-refractivity contribution < 1.29 is 19.5 Å². The number of nitrogens with one attached hydrogen (secondary N) is 1. The van der Waals surface area contributed by atoms with Gasteiger partial charge in [0.15, 0.2) is 0 Å². The van der Waals surface area contributed by atoms with E-state index in [4.69, 9.17) is 5.11 Å². The molecule has 0 aliphatic rings. The third kappa shape index (κ3) is 4.23. The number of carboxylic acids is 1. The molecule has 0 saturated heterocycles. The second kappa shape index (κ2) is 6.83. The maximum absolute atomic E-state index is 11.7. The first-order chi connectivity index (χ1) is 8.22. The monoisotopic (exact) mass is 259 g/mol. The van der Waals surface area contributed by atoms with Crippen LogP contribution in [0.25, 0.3) is 0 Å². The lowest BCUT2D eigenvalue weighted by Gasteiger charge is -2.25. The van der Waals surface area contributed by atoms with Gasteiger partial charge < -0.3 is 20.2 Å². The quantitative estimate of drug-likeness (QED) is 0.725. The van der Waals surface area contributed by atoms with Crippen LogP contribution in [-0.4, -0.2) is 65.5 Å². The molecule has 0 aromatic carbocycles. The molecule has 0 heterocycles. The van der Waals surface area contributed by atoms with E-state index in [-0.39, 0.29) is 5.91 Å². The van der Waals surface area contributed by atoms with Gasteiger partial charge in [-0.2, -0.15) is 0 Å². The van der Waals surface area contributed by atoms with Crippen molar-refractivity contribution >= 4 is 17.9 Å². The number of urea groups is 1. The zero-order valence-electron chi connectivity index (χ0n) is 11.4. The molecule has 0 aliphatic carbocycles. The van der Waals surface area contributed by atoms with Crippen LogP contribution >= 0.6 is 0 Å². The summed E-state index contributed by atoms with van der Waals surface area (Å²) in [6.45, 7) is 5.32. The van der Waals surface area contributed by atoms with Crippen molar-refractivity contribution in [2.75, 3.05) is 20.6 Å². The van der Waals surface area contributed by atoms with Gasteiger partial charge in [-0.05, 0) is 20.8 Å². The van der Waals surface area contributed by atoms with Gasteiger partial charge in [0.2, 0.25) is 5.91 Å². The van der Waals surface area contributed by atoms with Crippen LogP contribution < -0.4 is 5.32 Å². The van der Waals surface area contributed by atoms with E-state index in [0.29, 0.717) is 6.54 Å². The largest absolute Gasteiger partial charge is 0.480 e. The molecule has 0 spiro atoms. The average Bonchev–Trinajstić information content (AvgIpc) is 2.34. The van der Waals surface area contributed by atoms with Crippen LogP contribution in [0.2, 0.25) is 0 Å². The molecule has 3 amide bonds. The van der Waals surface area contributed by atoms with Gasteiger partial charge in [0.05, 0.1) is 0 Å². The van der Waals surface area contributed by atoms with Gasteiger partial charge in [-0.3, -0.25) is 4.79 Å². The topological polar surface area (TPSA) is 90.0 Å². The van der Waals surface area contributed by atoms with Crippen LogP contribution in [0.1, 0.15) is 20.8 Å². The van der Waals surface area contributed by atoms with Crippen LogP contribution in [0.5, 0.6) is 0 Å². The van der Waals surface area contributed by atoms with Crippen molar-refractivity contribution in [1.29, 1.82) is 0 Å². The summed E-state index contributed by atoms with van der Waals surface area (Å²) in [5.41, 5.74) is 0. The summed E-state index contributed by atoms with van der Waals surface area (Å²) in [7, 11) is 3.00. The van der Waals surface area contributed by atoms with E-state index in [0.717, 1.165) is 4.90 Å². The van der Waals surface area contributed by atoms with Gasteiger partial charge in [0.25, 0.3) is 0 Å². The zero-order chi connectivity index (χ0) is 14.5. The summed E-state index contributed by atoms with van der Waals surface area (Å²) in [5.74, 6) is -1.32. The molecule has 2 N–H and O–H groups in total. The van der Waals surface area contributed by atoms with Gasteiger partial charge in [-0.25, -0.2) is 9.59 Å². The number of rotatable bonds is 5.